The van der Waals surface area contributed by atoms with Crippen LogP contribution in [0.5, 0.6) is 5.75 Å². The van der Waals surface area contributed by atoms with Crippen LogP contribution in [0.2, 0.25) is 0 Å². The maximum absolute atomic E-state index is 13.1. The van der Waals surface area contributed by atoms with Gasteiger partial charge in [-0.2, -0.15) is 0 Å². The van der Waals surface area contributed by atoms with Gasteiger partial charge < -0.3 is 14.8 Å². The molecule has 6 rings (SSSR count). The Bertz CT molecular complexity index is 1110. The number of nitrogens with zero attached hydrogens (tertiary/aromatic N) is 1. The van der Waals surface area contributed by atoms with Crippen LogP contribution in [0.15, 0.2) is 30.3 Å². The molecule has 1 aliphatic carbocycles. The molecule has 5 heteroatoms. The van der Waals surface area contributed by atoms with E-state index in [0.717, 1.165) is 70.5 Å². The van der Waals surface area contributed by atoms with Crippen molar-refractivity contribution in [1.29, 1.82) is 0 Å². The van der Waals surface area contributed by atoms with E-state index in [1.54, 1.807) is 0 Å². The Morgan fingerprint density at radius 1 is 1.08 bits per heavy atom. The summed E-state index contributed by atoms with van der Waals surface area (Å²) in [5, 5.41) is 3.29. The number of unbranched alkanes of at least 4 members (excludes halogenated alkanes) is 1. The number of amides is 1. The maximum atomic E-state index is 13.1. The number of carbonyl (C=O) groups excluding carboxylic acids is 1. The molecule has 0 spiro atoms. The number of aryl methyl sites for hydroxylation is 3. The van der Waals surface area contributed by atoms with Crippen molar-refractivity contribution in [3.8, 4) is 16.9 Å². The third kappa shape index (κ3) is 5.52. The highest BCUT2D eigenvalue weighted by Crippen LogP contribution is 2.45. The molecule has 2 atom stereocenters. The monoisotopic (exact) mass is 504 g/mol. The molecule has 0 radical (unpaired) electrons. The summed E-state index contributed by atoms with van der Waals surface area (Å²) in [7, 11) is 0. The minimum absolute atomic E-state index is 0.0245. The van der Waals surface area contributed by atoms with Crippen molar-refractivity contribution in [3.63, 3.8) is 0 Å². The predicted octanol–water partition coefficient (Wildman–Crippen LogP) is 6.98. The van der Waals surface area contributed by atoms with Crippen molar-refractivity contribution in [2.45, 2.75) is 85.3 Å². The van der Waals surface area contributed by atoms with Gasteiger partial charge in [0.05, 0.1) is 12.6 Å². The Labute approximate surface area is 222 Å². The highest BCUT2D eigenvalue weighted by atomic mass is 16.6. The zero-order valence-corrected chi connectivity index (χ0v) is 23.4. The molecule has 0 saturated carbocycles. The zero-order chi connectivity index (χ0) is 26.2. The molecule has 1 amide bonds. The summed E-state index contributed by atoms with van der Waals surface area (Å²) in [5.41, 5.74) is 7.31. The van der Waals surface area contributed by atoms with Crippen molar-refractivity contribution in [2.75, 3.05) is 26.2 Å². The summed E-state index contributed by atoms with van der Waals surface area (Å²) in [5.74, 6) is 1.53. The predicted molar refractivity (Wildman–Crippen MR) is 149 cm³/mol. The van der Waals surface area contributed by atoms with Crippen LogP contribution < -0.4 is 10.1 Å². The number of piperidine rings is 3. The normalized spacial score (nSPS) is 25.9. The third-order valence-electron chi connectivity index (χ3n) is 8.93. The van der Waals surface area contributed by atoms with Crippen LogP contribution in [0.3, 0.4) is 0 Å². The van der Waals surface area contributed by atoms with E-state index in [-0.39, 0.29) is 23.7 Å². The smallest absolute Gasteiger partial charge is 0.407 e. The van der Waals surface area contributed by atoms with E-state index >= 15 is 0 Å². The SMILES string of the molecule is CCCCOc1c(C)cc(-c2ccc3c(c2)CCC(C)(C)C3NC(=O)O[C@@H]2CN3CCC2CC3)cc1C. The van der Waals surface area contributed by atoms with Gasteiger partial charge in [-0.05, 0) is 116 Å². The lowest BCUT2D eigenvalue weighted by Gasteiger charge is -2.44. The molecule has 1 N–H and O–H groups in total. The second-order valence-corrected chi connectivity index (χ2v) is 12.2. The Kier molecular flexibility index (Phi) is 7.53. The molecule has 1 unspecified atom stereocenters. The van der Waals surface area contributed by atoms with E-state index in [9.17, 15) is 4.79 Å². The van der Waals surface area contributed by atoms with Crippen LogP contribution in [0.25, 0.3) is 11.1 Å². The number of ether oxygens (including phenoxy) is 2. The van der Waals surface area contributed by atoms with Crippen molar-refractivity contribution >= 4 is 6.09 Å². The Balaban J connectivity index is 1.33. The molecule has 2 aromatic rings. The lowest BCUT2D eigenvalue weighted by molar-refractivity contribution is -0.0353. The van der Waals surface area contributed by atoms with Crippen molar-refractivity contribution in [2.24, 2.45) is 11.3 Å². The fourth-order valence-corrected chi connectivity index (χ4v) is 6.58. The summed E-state index contributed by atoms with van der Waals surface area (Å²) in [6.45, 7) is 14.9. The van der Waals surface area contributed by atoms with E-state index in [1.165, 1.54) is 33.4 Å². The maximum Gasteiger partial charge on any atom is 0.407 e. The number of hydrogen-bond acceptors (Lipinski definition) is 4. The summed E-state index contributed by atoms with van der Waals surface area (Å²) in [4.78, 5) is 15.5. The quantitative estimate of drug-likeness (QED) is 0.413. The standard InChI is InChI=1S/C32H44N2O3/c1-6-7-16-36-29-21(2)17-26(18-22(29)3)24-8-9-27-25(19-24)10-13-32(4,5)30(27)33-31(35)37-28-20-34-14-11-23(28)12-15-34/h8-9,17-19,23,28,30H,6-7,10-16,20H2,1-5H3,(H,33,35)/t28-,30?/m1/s1. The fourth-order valence-electron chi connectivity index (χ4n) is 6.58. The third-order valence-corrected chi connectivity index (χ3v) is 8.93. The number of benzene rings is 2. The fraction of sp³-hybridized carbons (Fsp3) is 0.594. The second kappa shape index (κ2) is 10.7. The van der Waals surface area contributed by atoms with Crippen LogP contribution in [0, 0.1) is 25.2 Å². The first-order valence-corrected chi connectivity index (χ1v) is 14.3. The van der Waals surface area contributed by atoms with E-state index < -0.39 is 0 Å². The molecule has 5 nitrogen and oxygen atoms in total. The highest BCUT2D eigenvalue weighted by molar-refractivity contribution is 5.71. The average Bonchev–Trinajstić information content (AvgIpc) is 2.88. The summed E-state index contributed by atoms with van der Waals surface area (Å²) >= 11 is 0. The van der Waals surface area contributed by atoms with Gasteiger partial charge in [0.2, 0.25) is 0 Å². The lowest BCUT2D eigenvalue weighted by atomic mass is 9.70. The van der Waals surface area contributed by atoms with Crippen LogP contribution in [0.1, 0.15) is 81.2 Å². The molecule has 3 aliphatic heterocycles. The Morgan fingerprint density at radius 3 is 2.46 bits per heavy atom. The Morgan fingerprint density at radius 2 is 1.81 bits per heavy atom. The minimum Gasteiger partial charge on any atom is -0.493 e. The first-order chi connectivity index (χ1) is 17.7. The van der Waals surface area contributed by atoms with E-state index in [4.69, 9.17) is 9.47 Å². The molecule has 37 heavy (non-hydrogen) atoms. The largest absolute Gasteiger partial charge is 0.493 e. The van der Waals surface area contributed by atoms with Crippen molar-refractivity contribution in [1.82, 2.24) is 10.2 Å². The number of fused-ring (bicyclic) bond motifs is 4. The number of carbonyl (C=O) groups is 1. The van der Waals surface area contributed by atoms with Gasteiger partial charge in [-0.3, -0.25) is 4.90 Å². The molecule has 2 aromatic carbocycles. The topological polar surface area (TPSA) is 50.8 Å². The first kappa shape index (κ1) is 26.1. The van der Waals surface area contributed by atoms with Crippen LogP contribution in [0.4, 0.5) is 4.79 Å². The molecule has 3 heterocycles. The van der Waals surface area contributed by atoms with Gasteiger partial charge >= 0.3 is 6.09 Å². The van der Waals surface area contributed by atoms with Gasteiger partial charge in [-0.15, -0.1) is 0 Å². The Hall–Kier alpha value is -2.53. The van der Waals surface area contributed by atoms with E-state index in [2.05, 4.69) is 75.2 Å². The number of nitrogens with one attached hydrogen (secondary N) is 1. The van der Waals surface area contributed by atoms with Gasteiger partial charge in [-0.25, -0.2) is 4.79 Å². The summed E-state index contributed by atoms with van der Waals surface area (Å²) in [6.07, 6.45) is 6.29. The molecule has 2 bridgehead atoms. The average molecular weight is 505 g/mol. The van der Waals surface area contributed by atoms with Crippen molar-refractivity contribution < 1.29 is 14.3 Å². The van der Waals surface area contributed by atoms with Gasteiger partial charge in [-0.1, -0.05) is 45.4 Å². The molecule has 200 valence electrons. The molecule has 3 fully saturated rings. The van der Waals surface area contributed by atoms with E-state index in [1.807, 2.05) is 0 Å². The highest BCUT2D eigenvalue weighted by Gasteiger charge is 2.40. The lowest BCUT2D eigenvalue weighted by Crippen LogP contribution is -2.53. The van der Waals surface area contributed by atoms with Gasteiger partial charge in [0.15, 0.2) is 0 Å². The molecular weight excluding hydrogens is 460 g/mol. The number of hydrogen-bond donors (Lipinski definition) is 1. The number of alkyl carbamates (subject to hydrolysis) is 1. The van der Waals surface area contributed by atoms with Gasteiger partial charge in [0.25, 0.3) is 0 Å². The molecule has 3 saturated heterocycles. The molecule has 4 aliphatic rings. The van der Waals surface area contributed by atoms with Crippen LogP contribution in [-0.2, 0) is 11.2 Å². The summed E-state index contributed by atoms with van der Waals surface area (Å²) in [6, 6.07) is 11.2. The van der Waals surface area contributed by atoms with Crippen LogP contribution in [-0.4, -0.2) is 43.3 Å². The number of rotatable bonds is 7. The molecular formula is C32H44N2O3. The summed E-state index contributed by atoms with van der Waals surface area (Å²) < 4.78 is 12.1. The van der Waals surface area contributed by atoms with Gasteiger partial charge in [0, 0.05) is 6.54 Å². The molecule has 0 aromatic heterocycles. The van der Waals surface area contributed by atoms with Gasteiger partial charge in [0.1, 0.15) is 11.9 Å². The van der Waals surface area contributed by atoms with E-state index in [0.29, 0.717) is 5.92 Å². The second-order valence-electron chi connectivity index (χ2n) is 12.2. The first-order valence-electron chi connectivity index (χ1n) is 14.3. The van der Waals surface area contributed by atoms with Crippen molar-refractivity contribution in [3.05, 3.63) is 52.6 Å². The zero-order valence-electron chi connectivity index (χ0n) is 23.4. The minimum atomic E-state index is -0.265. The van der Waals surface area contributed by atoms with Crippen LogP contribution >= 0.6 is 0 Å².